The molecule has 1 aromatic heterocycles. The van der Waals surface area contributed by atoms with Crippen molar-refractivity contribution in [2.75, 3.05) is 13.1 Å². The normalized spacial score (nSPS) is 15.0. The highest BCUT2D eigenvalue weighted by atomic mass is 35.5. The first-order valence-electron chi connectivity index (χ1n) is 8.11. The number of hydrogen-bond acceptors (Lipinski definition) is 3. The van der Waals surface area contributed by atoms with Crippen molar-refractivity contribution >= 4 is 35.0 Å². The average molecular weight is 396 g/mol. The molecule has 0 atom stereocenters. The minimum absolute atomic E-state index is 0.0665. The number of aromatic nitrogens is 1. The zero-order chi connectivity index (χ0) is 18.7. The van der Waals surface area contributed by atoms with Crippen LogP contribution in [-0.2, 0) is 0 Å². The van der Waals surface area contributed by atoms with E-state index in [1.807, 2.05) is 0 Å². The summed E-state index contributed by atoms with van der Waals surface area (Å²) in [6, 6.07) is 7.30. The Hall–Kier alpha value is -2.18. The number of pyridine rings is 1. The van der Waals surface area contributed by atoms with Gasteiger partial charge in [0.25, 0.3) is 11.8 Å². The first-order valence-corrected chi connectivity index (χ1v) is 8.87. The van der Waals surface area contributed by atoms with Crippen molar-refractivity contribution in [2.45, 2.75) is 18.9 Å². The molecule has 1 aromatic carbocycles. The van der Waals surface area contributed by atoms with Gasteiger partial charge in [0, 0.05) is 25.3 Å². The van der Waals surface area contributed by atoms with E-state index in [4.69, 9.17) is 23.2 Å². The van der Waals surface area contributed by atoms with Crippen LogP contribution < -0.4 is 5.32 Å². The van der Waals surface area contributed by atoms with E-state index in [0.717, 1.165) is 0 Å². The molecule has 5 nitrogen and oxygen atoms in total. The zero-order valence-electron chi connectivity index (χ0n) is 13.7. The lowest BCUT2D eigenvalue weighted by Gasteiger charge is -2.32. The number of hydrogen-bond donors (Lipinski definition) is 1. The second kappa shape index (κ2) is 8.01. The molecule has 1 saturated heterocycles. The smallest absolute Gasteiger partial charge is 0.256 e. The van der Waals surface area contributed by atoms with E-state index in [1.165, 1.54) is 24.4 Å². The molecule has 2 heterocycles. The molecular weight excluding hydrogens is 380 g/mol. The molecule has 0 radical (unpaired) electrons. The predicted molar refractivity (Wildman–Crippen MR) is 97.0 cm³/mol. The van der Waals surface area contributed by atoms with Crippen LogP contribution in [0, 0.1) is 5.82 Å². The van der Waals surface area contributed by atoms with E-state index in [-0.39, 0.29) is 33.6 Å². The van der Waals surface area contributed by atoms with Crippen molar-refractivity contribution in [3.05, 3.63) is 63.6 Å². The largest absolute Gasteiger partial charge is 0.349 e. The zero-order valence-corrected chi connectivity index (χ0v) is 15.2. The first-order chi connectivity index (χ1) is 12.5. The molecule has 0 aliphatic carbocycles. The Morgan fingerprint density at radius 3 is 2.54 bits per heavy atom. The van der Waals surface area contributed by atoms with Crippen LogP contribution >= 0.6 is 23.2 Å². The van der Waals surface area contributed by atoms with Gasteiger partial charge in [-0.3, -0.25) is 9.59 Å². The molecule has 0 unspecified atom stereocenters. The maximum Gasteiger partial charge on any atom is 0.256 e. The van der Waals surface area contributed by atoms with E-state index in [0.29, 0.717) is 31.5 Å². The van der Waals surface area contributed by atoms with Crippen LogP contribution in [0.25, 0.3) is 0 Å². The fourth-order valence-electron chi connectivity index (χ4n) is 2.85. The Morgan fingerprint density at radius 2 is 1.88 bits per heavy atom. The minimum atomic E-state index is -0.528. The standard InChI is InChI=1S/C18H16Cl2FN3O2/c19-14-9-11(10-22-16(14)20)17(25)23-12-5-7-24(8-6-12)18(26)13-3-1-2-4-15(13)21/h1-4,9-10,12H,5-8H2,(H,23,25). The molecule has 1 aliphatic heterocycles. The van der Waals surface area contributed by atoms with Crippen molar-refractivity contribution in [3.63, 3.8) is 0 Å². The fourth-order valence-corrected chi connectivity index (χ4v) is 3.12. The lowest BCUT2D eigenvalue weighted by atomic mass is 10.0. The third kappa shape index (κ3) is 4.14. The van der Waals surface area contributed by atoms with Crippen molar-refractivity contribution in [1.82, 2.24) is 15.2 Å². The predicted octanol–water partition coefficient (Wildman–Crippen LogP) is 3.56. The molecule has 0 saturated carbocycles. The quantitative estimate of drug-likeness (QED) is 0.808. The summed E-state index contributed by atoms with van der Waals surface area (Å²) in [7, 11) is 0. The number of nitrogens with one attached hydrogen (secondary N) is 1. The van der Waals surface area contributed by atoms with Crippen LogP contribution in [0.4, 0.5) is 4.39 Å². The van der Waals surface area contributed by atoms with Gasteiger partial charge in [0.05, 0.1) is 16.1 Å². The maximum absolute atomic E-state index is 13.8. The minimum Gasteiger partial charge on any atom is -0.349 e. The van der Waals surface area contributed by atoms with Gasteiger partial charge in [-0.05, 0) is 31.0 Å². The number of rotatable bonds is 3. The van der Waals surface area contributed by atoms with Crippen LogP contribution in [0.1, 0.15) is 33.6 Å². The van der Waals surface area contributed by atoms with E-state index in [1.54, 1.807) is 17.0 Å². The summed E-state index contributed by atoms with van der Waals surface area (Å²) in [5.41, 5.74) is 0.390. The van der Waals surface area contributed by atoms with Gasteiger partial charge in [0.1, 0.15) is 11.0 Å². The summed E-state index contributed by atoms with van der Waals surface area (Å²) in [6.45, 7) is 0.884. The van der Waals surface area contributed by atoms with E-state index in [2.05, 4.69) is 10.3 Å². The highest BCUT2D eigenvalue weighted by Crippen LogP contribution is 2.20. The topological polar surface area (TPSA) is 62.3 Å². The Morgan fingerprint density at radius 1 is 1.19 bits per heavy atom. The number of halogens is 3. The summed E-state index contributed by atoms with van der Waals surface area (Å²) >= 11 is 11.6. The number of carbonyl (C=O) groups is 2. The summed E-state index contributed by atoms with van der Waals surface area (Å²) in [6.07, 6.45) is 2.53. The second-order valence-corrected chi connectivity index (χ2v) is 6.78. The van der Waals surface area contributed by atoms with Gasteiger partial charge >= 0.3 is 0 Å². The number of likely N-dealkylation sites (tertiary alicyclic amines) is 1. The molecule has 26 heavy (non-hydrogen) atoms. The molecule has 136 valence electrons. The van der Waals surface area contributed by atoms with Crippen LogP contribution in [0.5, 0.6) is 0 Å². The van der Waals surface area contributed by atoms with Gasteiger partial charge in [-0.25, -0.2) is 9.37 Å². The summed E-state index contributed by atoms with van der Waals surface area (Å²) in [5, 5.41) is 3.25. The summed E-state index contributed by atoms with van der Waals surface area (Å²) < 4.78 is 13.8. The molecule has 1 fully saturated rings. The van der Waals surface area contributed by atoms with Crippen LogP contribution in [0.2, 0.25) is 10.2 Å². The van der Waals surface area contributed by atoms with Crippen molar-refractivity contribution < 1.29 is 14.0 Å². The van der Waals surface area contributed by atoms with Gasteiger partial charge in [-0.1, -0.05) is 35.3 Å². The highest BCUT2D eigenvalue weighted by molar-refractivity contribution is 6.41. The number of benzene rings is 1. The molecule has 8 heteroatoms. The van der Waals surface area contributed by atoms with E-state index < -0.39 is 5.82 Å². The molecule has 2 amide bonds. The summed E-state index contributed by atoms with van der Waals surface area (Å²) in [5.74, 6) is -1.16. The molecule has 0 bridgehead atoms. The number of carbonyl (C=O) groups excluding carboxylic acids is 2. The van der Waals surface area contributed by atoms with E-state index >= 15 is 0 Å². The first kappa shape index (κ1) is 18.6. The SMILES string of the molecule is O=C(NC1CCN(C(=O)c2ccccc2F)CC1)c1cnc(Cl)c(Cl)c1. The average Bonchev–Trinajstić information content (AvgIpc) is 2.64. The van der Waals surface area contributed by atoms with Crippen molar-refractivity contribution in [3.8, 4) is 0 Å². The van der Waals surface area contributed by atoms with Gasteiger partial charge in [0.2, 0.25) is 0 Å². The maximum atomic E-state index is 13.8. The van der Waals surface area contributed by atoms with Crippen LogP contribution in [0.3, 0.4) is 0 Å². The third-order valence-corrected chi connectivity index (χ3v) is 4.97. The Kier molecular flexibility index (Phi) is 5.74. The lowest BCUT2D eigenvalue weighted by Crippen LogP contribution is -2.46. The number of piperidine rings is 1. The number of nitrogens with zero attached hydrogens (tertiary/aromatic N) is 2. The molecule has 2 aromatic rings. The van der Waals surface area contributed by atoms with Gasteiger partial charge in [-0.2, -0.15) is 0 Å². The van der Waals surface area contributed by atoms with Gasteiger partial charge in [-0.15, -0.1) is 0 Å². The number of amides is 2. The summed E-state index contributed by atoms with van der Waals surface area (Å²) in [4.78, 5) is 30.1. The van der Waals surface area contributed by atoms with Crippen LogP contribution in [0.15, 0.2) is 36.5 Å². The van der Waals surface area contributed by atoms with Gasteiger partial charge in [0.15, 0.2) is 0 Å². The third-order valence-electron chi connectivity index (χ3n) is 4.28. The van der Waals surface area contributed by atoms with Crippen molar-refractivity contribution in [1.29, 1.82) is 0 Å². The van der Waals surface area contributed by atoms with Gasteiger partial charge < -0.3 is 10.2 Å². The Balaban J connectivity index is 1.57. The second-order valence-electron chi connectivity index (χ2n) is 6.02. The fraction of sp³-hybridized carbons (Fsp3) is 0.278. The highest BCUT2D eigenvalue weighted by Gasteiger charge is 2.26. The molecule has 3 rings (SSSR count). The lowest BCUT2D eigenvalue weighted by molar-refractivity contribution is 0.0693. The van der Waals surface area contributed by atoms with Crippen LogP contribution in [-0.4, -0.2) is 40.8 Å². The molecular formula is C18H16Cl2FN3O2. The van der Waals surface area contributed by atoms with E-state index in [9.17, 15) is 14.0 Å². The molecule has 1 N–H and O–H groups in total. The Bertz CT molecular complexity index is 839. The monoisotopic (exact) mass is 395 g/mol. The molecule has 0 spiro atoms. The van der Waals surface area contributed by atoms with Crippen molar-refractivity contribution in [2.24, 2.45) is 0 Å². The molecule has 1 aliphatic rings. The Labute approximate surface area is 160 Å².